The van der Waals surface area contributed by atoms with Crippen LogP contribution in [0, 0.1) is 11.8 Å². The van der Waals surface area contributed by atoms with Crippen molar-refractivity contribution >= 4 is 17.6 Å². The summed E-state index contributed by atoms with van der Waals surface area (Å²) in [5.41, 5.74) is 1.07. The van der Waals surface area contributed by atoms with Crippen LogP contribution in [0.15, 0.2) is 18.3 Å². The van der Waals surface area contributed by atoms with E-state index in [2.05, 4.69) is 15.6 Å². The average Bonchev–Trinajstić information content (AvgIpc) is 2.77. The van der Waals surface area contributed by atoms with Crippen LogP contribution < -0.4 is 10.6 Å². The summed E-state index contributed by atoms with van der Waals surface area (Å²) < 4.78 is 0. The normalized spacial score (nSPS) is 22.2. The van der Waals surface area contributed by atoms with Crippen molar-refractivity contribution in [2.24, 2.45) is 11.8 Å². The molecule has 2 atom stereocenters. The Labute approximate surface area is 111 Å². The van der Waals surface area contributed by atoms with Crippen LogP contribution in [0.3, 0.4) is 0 Å². The number of hydrogen-bond donors (Lipinski definition) is 3. The predicted molar refractivity (Wildman–Crippen MR) is 69.7 cm³/mol. The number of rotatable bonds is 4. The lowest BCUT2D eigenvalue weighted by atomic mass is 9.97. The van der Waals surface area contributed by atoms with Crippen LogP contribution in [-0.4, -0.2) is 35.1 Å². The predicted octanol–water partition coefficient (Wildman–Crippen LogP) is 0.503. The van der Waals surface area contributed by atoms with Crippen LogP contribution in [-0.2, 0) is 16.0 Å². The molecule has 6 heteroatoms. The number of amides is 1. The number of carboxylic acids is 1. The fraction of sp³-hybridized carbons (Fsp3) is 0.462. The molecule has 1 saturated heterocycles. The number of aromatic nitrogens is 1. The lowest BCUT2D eigenvalue weighted by Gasteiger charge is -2.14. The molecule has 0 bridgehead atoms. The zero-order valence-electron chi connectivity index (χ0n) is 10.7. The molecule has 2 rings (SSSR count). The maximum atomic E-state index is 12.0. The number of hydrogen-bond acceptors (Lipinski definition) is 4. The molecule has 102 valence electrons. The largest absolute Gasteiger partial charge is 0.481 e. The third kappa shape index (κ3) is 3.51. The Balaban J connectivity index is 1.95. The third-order valence-electron chi connectivity index (χ3n) is 3.28. The van der Waals surface area contributed by atoms with E-state index in [9.17, 15) is 9.59 Å². The van der Waals surface area contributed by atoms with Crippen LogP contribution >= 0.6 is 0 Å². The van der Waals surface area contributed by atoms with Crippen LogP contribution in [0.1, 0.15) is 12.6 Å². The van der Waals surface area contributed by atoms with Gasteiger partial charge in [0.1, 0.15) is 0 Å². The molecular weight excluding hydrogens is 246 g/mol. The van der Waals surface area contributed by atoms with E-state index in [-0.39, 0.29) is 18.2 Å². The number of nitrogens with zero attached hydrogens (tertiary/aromatic N) is 1. The lowest BCUT2D eigenvalue weighted by Crippen LogP contribution is -2.27. The molecule has 1 aromatic rings. The number of carboxylic acid groups (broad SMARTS) is 1. The SMILES string of the molecule is CC1CNCC1C(=O)Nc1ccc(CC(=O)O)nc1. The molecule has 0 aliphatic carbocycles. The second kappa shape index (κ2) is 5.79. The minimum absolute atomic E-state index is 0.0229. The van der Waals surface area contributed by atoms with Gasteiger partial charge in [-0.3, -0.25) is 14.6 Å². The van der Waals surface area contributed by atoms with E-state index in [1.54, 1.807) is 12.1 Å². The van der Waals surface area contributed by atoms with Crippen LogP contribution in [0.25, 0.3) is 0 Å². The molecule has 1 amide bonds. The Hall–Kier alpha value is -1.95. The quantitative estimate of drug-likeness (QED) is 0.736. The van der Waals surface area contributed by atoms with E-state index in [4.69, 9.17) is 5.11 Å². The topological polar surface area (TPSA) is 91.3 Å². The Morgan fingerprint density at radius 3 is 2.79 bits per heavy atom. The van der Waals surface area contributed by atoms with Crippen molar-refractivity contribution in [2.45, 2.75) is 13.3 Å². The lowest BCUT2D eigenvalue weighted by molar-refractivity contribution is -0.136. The first-order valence-corrected chi connectivity index (χ1v) is 6.24. The molecule has 2 heterocycles. The minimum atomic E-state index is -0.921. The van der Waals surface area contributed by atoms with Crippen molar-refractivity contribution in [3.8, 4) is 0 Å². The molecule has 1 aliphatic rings. The first-order chi connectivity index (χ1) is 9.06. The summed E-state index contributed by atoms with van der Waals surface area (Å²) in [6.45, 7) is 3.59. The van der Waals surface area contributed by atoms with Crippen molar-refractivity contribution in [2.75, 3.05) is 18.4 Å². The average molecular weight is 263 g/mol. The van der Waals surface area contributed by atoms with E-state index >= 15 is 0 Å². The molecule has 0 radical (unpaired) electrons. The molecular formula is C13H17N3O3. The number of carbonyl (C=O) groups excluding carboxylic acids is 1. The van der Waals surface area contributed by atoms with Crippen molar-refractivity contribution in [3.05, 3.63) is 24.0 Å². The van der Waals surface area contributed by atoms with Gasteiger partial charge >= 0.3 is 5.97 Å². The number of nitrogens with one attached hydrogen (secondary N) is 2. The highest BCUT2D eigenvalue weighted by Crippen LogP contribution is 2.18. The van der Waals surface area contributed by atoms with Gasteiger partial charge in [-0.2, -0.15) is 0 Å². The van der Waals surface area contributed by atoms with E-state index < -0.39 is 5.97 Å². The second-order valence-electron chi connectivity index (χ2n) is 4.84. The molecule has 1 aromatic heterocycles. The highest BCUT2D eigenvalue weighted by atomic mass is 16.4. The van der Waals surface area contributed by atoms with E-state index in [1.807, 2.05) is 6.92 Å². The molecule has 0 aromatic carbocycles. The highest BCUT2D eigenvalue weighted by molar-refractivity contribution is 5.93. The molecule has 2 unspecified atom stereocenters. The van der Waals surface area contributed by atoms with Crippen molar-refractivity contribution in [3.63, 3.8) is 0 Å². The number of anilines is 1. The molecule has 0 saturated carbocycles. The minimum Gasteiger partial charge on any atom is -0.481 e. The van der Waals surface area contributed by atoms with Gasteiger partial charge in [0.2, 0.25) is 5.91 Å². The fourth-order valence-electron chi connectivity index (χ4n) is 2.15. The summed E-state index contributed by atoms with van der Waals surface area (Å²) in [4.78, 5) is 26.5. The summed E-state index contributed by atoms with van der Waals surface area (Å²) in [7, 11) is 0. The molecule has 1 aliphatic heterocycles. The van der Waals surface area contributed by atoms with E-state index in [1.165, 1.54) is 6.20 Å². The van der Waals surface area contributed by atoms with Gasteiger partial charge in [-0.05, 0) is 24.6 Å². The zero-order valence-corrected chi connectivity index (χ0v) is 10.7. The Kier molecular flexibility index (Phi) is 4.11. The van der Waals surface area contributed by atoms with Crippen molar-refractivity contribution in [1.29, 1.82) is 0 Å². The van der Waals surface area contributed by atoms with Crippen LogP contribution in [0.5, 0.6) is 0 Å². The summed E-state index contributed by atoms with van der Waals surface area (Å²) in [5, 5.41) is 14.6. The summed E-state index contributed by atoms with van der Waals surface area (Å²) in [6.07, 6.45) is 1.38. The van der Waals surface area contributed by atoms with E-state index in [0.717, 1.165) is 6.54 Å². The van der Waals surface area contributed by atoms with Crippen LogP contribution in [0.2, 0.25) is 0 Å². The summed E-state index contributed by atoms with van der Waals surface area (Å²) >= 11 is 0. The number of aliphatic carboxylic acids is 1. The molecule has 0 spiro atoms. The Bertz CT molecular complexity index is 473. The monoisotopic (exact) mass is 263 g/mol. The van der Waals surface area contributed by atoms with Gasteiger partial charge in [0.15, 0.2) is 0 Å². The second-order valence-corrected chi connectivity index (χ2v) is 4.84. The zero-order chi connectivity index (χ0) is 13.8. The smallest absolute Gasteiger partial charge is 0.309 e. The van der Waals surface area contributed by atoms with Gasteiger partial charge in [-0.1, -0.05) is 6.92 Å². The highest BCUT2D eigenvalue weighted by Gasteiger charge is 2.29. The Morgan fingerprint density at radius 2 is 2.26 bits per heavy atom. The molecule has 1 fully saturated rings. The first-order valence-electron chi connectivity index (χ1n) is 6.24. The molecule has 3 N–H and O–H groups in total. The molecule has 19 heavy (non-hydrogen) atoms. The van der Waals surface area contributed by atoms with Crippen LogP contribution in [0.4, 0.5) is 5.69 Å². The number of pyridine rings is 1. The summed E-state index contributed by atoms with van der Waals surface area (Å²) in [6, 6.07) is 3.29. The summed E-state index contributed by atoms with van der Waals surface area (Å²) in [5.74, 6) is -0.654. The van der Waals surface area contributed by atoms with Gasteiger partial charge in [-0.25, -0.2) is 0 Å². The number of carbonyl (C=O) groups is 2. The van der Waals surface area contributed by atoms with Gasteiger partial charge in [0.05, 0.1) is 29.9 Å². The van der Waals surface area contributed by atoms with Crippen molar-refractivity contribution < 1.29 is 14.7 Å². The van der Waals surface area contributed by atoms with Gasteiger partial charge in [0.25, 0.3) is 0 Å². The van der Waals surface area contributed by atoms with E-state index in [0.29, 0.717) is 23.8 Å². The van der Waals surface area contributed by atoms with Crippen molar-refractivity contribution in [1.82, 2.24) is 10.3 Å². The fourth-order valence-corrected chi connectivity index (χ4v) is 2.15. The third-order valence-corrected chi connectivity index (χ3v) is 3.28. The van der Waals surface area contributed by atoms with Gasteiger partial charge in [0, 0.05) is 6.54 Å². The maximum Gasteiger partial charge on any atom is 0.309 e. The van der Waals surface area contributed by atoms with Gasteiger partial charge < -0.3 is 15.7 Å². The van der Waals surface area contributed by atoms with Gasteiger partial charge in [-0.15, -0.1) is 0 Å². The standard InChI is InChI=1S/C13H17N3O3/c1-8-5-14-7-11(8)13(19)16-10-3-2-9(15-6-10)4-12(17)18/h2-3,6,8,11,14H,4-5,7H2,1H3,(H,16,19)(H,17,18). The first kappa shape index (κ1) is 13.5. The Morgan fingerprint density at radius 1 is 1.47 bits per heavy atom. The molecule has 6 nitrogen and oxygen atoms in total. The maximum absolute atomic E-state index is 12.0.